The molecule has 0 amide bonds. The number of benzene rings is 3. The number of anilines is 1. The summed E-state index contributed by atoms with van der Waals surface area (Å²) in [7, 11) is 0. The summed E-state index contributed by atoms with van der Waals surface area (Å²) in [4.78, 5) is 2.37. The molecular formula is C29H35N2O+. The fourth-order valence-electron chi connectivity index (χ4n) is 4.80. The van der Waals surface area contributed by atoms with Crippen molar-refractivity contribution in [1.29, 1.82) is 0 Å². The van der Waals surface area contributed by atoms with Crippen molar-refractivity contribution in [3.05, 3.63) is 71.6 Å². The van der Waals surface area contributed by atoms with Gasteiger partial charge in [-0.1, -0.05) is 31.2 Å². The Labute approximate surface area is 192 Å². The average Bonchev–Trinajstić information content (AvgIpc) is 2.84. The summed E-state index contributed by atoms with van der Waals surface area (Å²) >= 11 is 0. The molecule has 32 heavy (non-hydrogen) atoms. The molecule has 0 atom stereocenters. The highest BCUT2D eigenvalue weighted by Crippen LogP contribution is 2.42. The Morgan fingerprint density at radius 2 is 1.53 bits per heavy atom. The van der Waals surface area contributed by atoms with E-state index in [-0.39, 0.29) is 0 Å². The van der Waals surface area contributed by atoms with Crippen molar-refractivity contribution in [2.24, 2.45) is 0 Å². The van der Waals surface area contributed by atoms with E-state index in [4.69, 9.17) is 4.42 Å². The molecule has 4 rings (SSSR count). The van der Waals surface area contributed by atoms with E-state index in [1.807, 2.05) is 0 Å². The van der Waals surface area contributed by atoms with Crippen LogP contribution >= 0.6 is 0 Å². The SMILES string of the molecule is CCc1ccccc1-c1c2ccc(=[N+](CC)CC)cc-2oc2cc(N(CC)CC)ccc12. The average molecular weight is 428 g/mol. The van der Waals surface area contributed by atoms with E-state index in [2.05, 4.69) is 105 Å². The van der Waals surface area contributed by atoms with Gasteiger partial charge in [-0.3, -0.25) is 0 Å². The number of aryl methyl sites for hydroxylation is 1. The molecule has 2 aliphatic rings. The fraction of sp³-hybridized carbons (Fsp3) is 0.345. The van der Waals surface area contributed by atoms with E-state index in [1.54, 1.807) is 0 Å². The molecule has 1 heterocycles. The van der Waals surface area contributed by atoms with Gasteiger partial charge in [0.2, 0.25) is 5.36 Å². The normalized spacial score (nSPS) is 11.3. The lowest BCUT2D eigenvalue weighted by molar-refractivity contribution is 0.604. The van der Waals surface area contributed by atoms with Crippen LogP contribution in [0.1, 0.15) is 40.2 Å². The third-order valence-corrected chi connectivity index (χ3v) is 6.61. The number of nitrogens with zero attached hydrogens (tertiary/aromatic N) is 2. The maximum absolute atomic E-state index is 6.59. The smallest absolute Gasteiger partial charge is 0.203 e. The highest BCUT2D eigenvalue weighted by molar-refractivity contribution is 6.03. The Morgan fingerprint density at radius 1 is 0.781 bits per heavy atom. The second-order valence-electron chi connectivity index (χ2n) is 8.19. The van der Waals surface area contributed by atoms with Gasteiger partial charge in [0.05, 0.1) is 6.07 Å². The van der Waals surface area contributed by atoms with E-state index < -0.39 is 0 Å². The van der Waals surface area contributed by atoms with Crippen molar-refractivity contribution < 1.29 is 4.42 Å². The Hall–Kier alpha value is -3.07. The molecule has 0 spiro atoms. The van der Waals surface area contributed by atoms with Crippen LogP contribution in [0.3, 0.4) is 0 Å². The third-order valence-electron chi connectivity index (χ3n) is 6.61. The molecule has 0 aromatic heterocycles. The number of fused-ring (bicyclic) bond motifs is 2. The molecule has 166 valence electrons. The van der Waals surface area contributed by atoms with E-state index in [0.717, 1.165) is 43.9 Å². The zero-order chi connectivity index (χ0) is 22.7. The summed E-state index contributed by atoms with van der Waals surface area (Å²) in [5, 5.41) is 2.38. The molecule has 0 saturated heterocycles. The van der Waals surface area contributed by atoms with E-state index in [1.165, 1.54) is 38.7 Å². The molecule has 1 aliphatic heterocycles. The Morgan fingerprint density at radius 3 is 2.22 bits per heavy atom. The van der Waals surface area contributed by atoms with Crippen LogP contribution < -0.4 is 14.8 Å². The Bertz CT molecular complexity index is 1260. The summed E-state index contributed by atoms with van der Waals surface area (Å²) < 4.78 is 8.95. The van der Waals surface area contributed by atoms with Crippen molar-refractivity contribution in [3.63, 3.8) is 0 Å². The predicted octanol–water partition coefficient (Wildman–Crippen LogP) is 6.43. The summed E-state index contributed by atoms with van der Waals surface area (Å²) in [6, 6.07) is 22.2. The van der Waals surface area contributed by atoms with Gasteiger partial charge in [-0.25, -0.2) is 4.58 Å². The van der Waals surface area contributed by atoms with E-state index in [9.17, 15) is 0 Å². The molecule has 0 unspecified atom stereocenters. The zero-order valence-corrected chi connectivity index (χ0v) is 20.1. The minimum Gasteiger partial charge on any atom is -0.456 e. The summed E-state index contributed by atoms with van der Waals surface area (Å²) in [5.74, 6) is 0.944. The molecule has 0 N–H and O–H groups in total. The summed E-state index contributed by atoms with van der Waals surface area (Å²) in [5.41, 5.74) is 7.26. The lowest BCUT2D eigenvalue weighted by Gasteiger charge is -2.22. The maximum Gasteiger partial charge on any atom is 0.203 e. The van der Waals surface area contributed by atoms with Gasteiger partial charge in [0.1, 0.15) is 24.4 Å². The van der Waals surface area contributed by atoms with Crippen LogP contribution in [0, 0.1) is 0 Å². The van der Waals surface area contributed by atoms with Crippen LogP contribution in [0.15, 0.2) is 65.1 Å². The first-order valence-electron chi connectivity index (χ1n) is 12.1. The minimum atomic E-state index is 0.944. The van der Waals surface area contributed by atoms with Gasteiger partial charge in [0.15, 0.2) is 0 Å². The minimum absolute atomic E-state index is 0.944. The molecule has 0 bridgehead atoms. The highest BCUT2D eigenvalue weighted by atomic mass is 16.3. The van der Waals surface area contributed by atoms with E-state index in [0.29, 0.717) is 0 Å². The molecule has 3 heteroatoms. The summed E-state index contributed by atoms with van der Waals surface area (Å²) in [6.07, 6.45) is 1.00. The van der Waals surface area contributed by atoms with Crippen LogP contribution in [0.4, 0.5) is 5.69 Å². The molecule has 3 nitrogen and oxygen atoms in total. The van der Waals surface area contributed by atoms with Crippen LogP contribution in [-0.2, 0) is 6.42 Å². The number of hydrogen-bond donors (Lipinski definition) is 0. The number of rotatable bonds is 7. The fourth-order valence-corrected chi connectivity index (χ4v) is 4.80. The standard InChI is InChI=1S/C29H35N2O/c1-6-21-13-11-12-14-24(21)29-25-17-15-22(30(7-2)8-3)19-27(25)32-28-20-23(16-18-26(28)29)31(9-4)10-5/h11-20H,6-10H2,1-5H3/q+1. The topological polar surface area (TPSA) is 19.4 Å². The van der Waals surface area contributed by atoms with Gasteiger partial charge >= 0.3 is 0 Å². The van der Waals surface area contributed by atoms with Crippen molar-refractivity contribution in [2.75, 3.05) is 31.1 Å². The first kappa shape index (κ1) is 22.1. The quantitative estimate of drug-likeness (QED) is 0.250. The first-order valence-corrected chi connectivity index (χ1v) is 12.1. The third kappa shape index (κ3) is 3.92. The predicted molar refractivity (Wildman–Crippen MR) is 138 cm³/mol. The van der Waals surface area contributed by atoms with Crippen LogP contribution in [-0.4, -0.2) is 26.2 Å². The summed E-state index contributed by atoms with van der Waals surface area (Å²) in [6.45, 7) is 14.9. The zero-order valence-electron chi connectivity index (χ0n) is 20.1. The number of hydrogen-bond acceptors (Lipinski definition) is 2. The molecule has 0 saturated carbocycles. The van der Waals surface area contributed by atoms with Crippen molar-refractivity contribution in [1.82, 2.24) is 4.58 Å². The largest absolute Gasteiger partial charge is 0.456 e. The molecule has 0 fully saturated rings. The Balaban J connectivity index is 2.11. The van der Waals surface area contributed by atoms with Crippen molar-refractivity contribution >= 4 is 16.7 Å². The van der Waals surface area contributed by atoms with Crippen LogP contribution in [0.2, 0.25) is 0 Å². The van der Waals surface area contributed by atoms with Gasteiger partial charge in [-0.2, -0.15) is 0 Å². The van der Waals surface area contributed by atoms with Gasteiger partial charge < -0.3 is 9.32 Å². The van der Waals surface area contributed by atoms with Gasteiger partial charge in [-0.05, 0) is 63.4 Å². The monoisotopic (exact) mass is 427 g/mol. The molecule has 0 radical (unpaired) electrons. The molecule has 2 aromatic carbocycles. The maximum atomic E-state index is 6.59. The Kier molecular flexibility index (Phi) is 6.64. The molecule has 1 aliphatic carbocycles. The lowest BCUT2D eigenvalue weighted by atomic mass is 9.90. The first-order chi connectivity index (χ1) is 15.6. The van der Waals surface area contributed by atoms with Crippen molar-refractivity contribution in [3.8, 4) is 22.5 Å². The molecular weight excluding hydrogens is 392 g/mol. The van der Waals surface area contributed by atoms with E-state index >= 15 is 0 Å². The van der Waals surface area contributed by atoms with Crippen LogP contribution in [0.25, 0.3) is 33.4 Å². The second-order valence-corrected chi connectivity index (χ2v) is 8.19. The lowest BCUT2D eigenvalue weighted by Crippen LogP contribution is -2.29. The highest BCUT2D eigenvalue weighted by Gasteiger charge is 2.20. The van der Waals surface area contributed by atoms with Gasteiger partial charge in [0.25, 0.3) is 0 Å². The van der Waals surface area contributed by atoms with Crippen LogP contribution in [0.5, 0.6) is 0 Å². The second kappa shape index (κ2) is 9.60. The van der Waals surface area contributed by atoms with Gasteiger partial charge in [0, 0.05) is 47.4 Å². The van der Waals surface area contributed by atoms with Gasteiger partial charge in [-0.15, -0.1) is 0 Å². The molecule has 2 aromatic rings. The van der Waals surface area contributed by atoms with Crippen molar-refractivity contribution in [2.45, 2.75) is 41.0 Å².